The van der Waals surface area contributed by atoms with E-state index >= 15 is 0 Å². The number of anilines is 12. The molecule has 0 spiro atoms. The molecular formula is C54H34B2N4S. The summed E-state index contributed by atoms with van der Waals surface area (Å²) in [6, 6.07) is 76.7. The van der Waals surface area contributed by atoms with Crippen LogP contribution >= 0.6 is 11.8 Å². The van der Waals surface area contributed by atoms with E-state index in [-0.39, 0.29) is 13.4 Å². The Kier molecular flexibility index (Phi) is 6.91. The van der Waals surface area contributed by atoms with Crippen LogP contribution in [0.25, 0.3) is 0 Å². The van der Waals surface area contributed by atoms with E-state index in [9.17, 15) is 0 Å². The SMILES string of the molecule is c1ccc(N2c3ccccc3Sc3cc4c(cc32)B2c3ccccc3N3c5ccccc5B5c6ccccc6N(c6ccccc6)c6cc(c2c3c65)N4c2ccccc2)cc1. The van der Waals surface area contributed by atoms with Crippen LogP contribution in [0.1, 0.15) is 0 Å². The molecule has 0 unspecified atom stereocenters. The smallest absolute Gasteiger partial charge is 0.252 e. The van der Waals surface area contributed by atoms with Crippen molar-refractivity contribution in [3.05, 3.63) is 206 Å². The minimum Gasteiger partial charge on any atom is -0.312 e. The molecule has 0 atom stereocenters. The molecule has 61 heavy (non-hydrogen) atoms. The second kappa shape index (κ2) is 12.6. The molecule has 4 nitrogen and oxygen atoms in total. The zero-order chi connectivity index (χ0) is 39.8. The maximum absolute atomic E-state index is 2.61. The van der Waals surface area contributed by atoms with Gasteiger partial charge in [0.05, 0.1) is 11.4 Å². The lowest BCUT2D eigenvalue weighted by Gasteiger charge is -2.51. The molecule has 0 N–H and O–H groups in total. The van der Waals surface area contributed by atoms with Crippen LogP contribution in [0.5, 0.6) is 0 Å². The van der Waals surface area contributed by atoms with Crippen LogP contribution in [0.4, 0.5) is 68.2 Å². The van der Waals surface area contributed by atoms with Gasteiger partial charge in [0, 0.05) is 66.7 Å². The Morgan fingerprint density at radius 3 is 1.23 bits per heavy atom. The zero-order valence-corrected chi connectivity index (χ0v) is 33.8. The van der Waals surface area contributed by atoms with Crippen molar-refractivity contribution in [2.45, 2.75) is 9.79 Å². The second-order valence-electron chi connectivity index (χ2n) is 16.4. The summed E-state index contributed by atoms with van der Waals surface area (Å²) in [5.41, 5.74) is 22.6. The van der Waals surface area contributed by atoms with E-state index in [4.69, 9.17) is 0 Å². The van der Waals surface area contributed by atoms with Gasteiger partial charge in [0.1, 0.15) is 0 Å². The highest BCUT2D eigenvalue weighted by atomic mass is 32.2. The molecule has 9 aromatic carbocycles. The van der Waals surface area contributed by atoms with Gasteiger partial charge in [-0.05, 0) is 118 Å². The quantitative estimate of drug-likeness (QED) is 0.165. The Morgan fingerprint density at radius 2 is 0.689 bits per heavy atom. The molecule has 0 amide bonds. The van der Waals surface area contributed by atoms with Crippen molar-refractivity contribution in [1.82, 2.24) is 0 Å². The molecule has 0 saturated heterocycles. The molecule has 0 saturated carbocycles. The third-order valence-electron chi connectivity index (χ3n) is 13.4. The Morgan fingerprint density at radius 1 is 0.279 bits per heavy atom. The van der Waals surface area contributed by atoms with Crippen LogP contribution in [-0.4, -0.2) is 13.4 Å². The molecule has 5 aliphatic rings. The van der Waals surface area contributed by atoms with Gasteiger partial charge < -0.3 is 19.6 Å². The lowest BCUT2D eigenvalue weighted by Crippen LogP contribution is -2.68. The summed E-state index contributed by atoms with van der Waals surface area (Å²) in [6.07, 6.45) is 0. The summed E-state index contributed by atoms with van der Waals surface area (Å²) in [4.78, 5) is 12.7. The Labute approximate surface area is 360 Å². The maximum atomic E-state index is 2.61. The van der Waals surface area contributed by atoms with Crippen molar-refractivity contribution in [1.29, 1.82) is 0 Å². The van der Waals surface area contributed by atoms with E-state index in [1.807, 2.05) is 11.8 Å². The van der Waals surface area contributed by atoms with Gasteiger partial charge in [-0.1, -0.05) is 133 Å². The van der Waals surface area contributed by atoms with E-state index in [1.165, 1.54) is 93.8 Å². The molecule has 14 rings (SSSR count). The first-order valence-corrected chi connectivity index (χ1v) is 21.9. The van der Waals surface area contributed by atoms with E-state index in [0.29, 0.717) is 0 Å². The topological polar surface area (TPSA) is 13.0 Å². The molecule has 282 valence electrons. The van der Waals surface area contributed by atoms with Gasteiger partial charge in [0.15, 0.2) is 0 Å². The van der Waals surface area contributed by atoms with Crippen molar-refractivity contribution >= 4 is 126 Å². The summed E-state index contributed by atoms with van der Waals surface area (Å²) in [5.74, 6) is 0. The predicted octanol–water partition coefficient (Wildman–Crippen LogP) is 10.3. The van der Waals surface area contributed by atoms with Crippen molar-refractivity contribution in [2.75, 3.05) is 19.6 Å². The molecule has 0 aliphatic carbocycles. The average molecular weight is 793 g/mol. The number of rotatable bonds is 3. The maximum Gasteiger partial charge on any atom is 0.252 e. The van der Waals surface area contributed by atoms with Gasteiger partial charge >= 0.3 is 0 Å². The first-order valence-electron chi connectivity index (χ1n) is 21.1. The van der Waals surface area contributed by atoms with Crippen molar-refractivity contribution in [2.24, 2.45) is 0 Å². The second-order valence-corrected chi connectivity index (χ2v) is 17.5. The summed E-state index contributed by atoms with van der Waals surface area (Å²) in [5, 5.41) is 0. The fraction of sp³-hybridized carbons (Fsp3) is 0. The average Bonchev–Trinajstić information content (AvgIpc) is 3.33. The van der Waals surface area contributed by atoms with Crippen LogP contribution in [0.15, 0.2) is 216 Å². The van der Waals surface area contributed by atoms with Crippen molar-refractivity contribution in [3.8, 4) is 0 Å². The highest BCUT2D eigenvalue weighted by Crippen LogP contribution is 2.55. The van der Waals surface area contributed by atoms with Gasteiger partial charge in [-0.3, -0.25) is 0 Å². The summed E-state index contributed by atoms with van der Waals surface area (Å²) >= 11 is 1.87. The molecule has 0 radical (unpaired) electrons. The standard InChI is InChI=1S/C54H34B2N4S/c1-4-18-35(19-5-1)57-42-27-13-10-24-38(42)55-39-25-11-14-28-43(39)60-44-29-15-12-26-40(44)56-41-32-47-51(61-50-31-17-16-30-45(50)58(47)36-20-6-2-7-21-36)34-46(41)59(37-22-8-3-9-23-37)49-33-48(57)52(55)54(60)53(49)56/h1-34H. The Balaban J connectivity index is 1.13. The fourth-order valence-corrected chi connectivity index (χ4v) is 12.1. The van der Waals surface area contributed by atoms with Gasteiger partial charge in [-0.2, -0.15) is 0 Å². The number of nitrogens with zero attached hydrogens (tertiary/aromatic N) is 4. The van der Waals surface area contributed by atoms with E-state index in [1.54, 1.807) is 0 Å². The van der Waals surface area contributed by atoms with Crippen LogP contribution in [0.3, 0.4) is 0 Å². The summed E-state index contributed by atoms with van der Waals surface area (Å²) in [6.45, 7) is 0.0393. The van der Waals surface area contributed by atoms with Gasteiger partial charge in [0.25, 0.3) is 13.4 Å². The van der Waals surface area contributed by atoms with Crippen LogP contribution < -0.4 is 52.4 Å². The minimum atomic E-state index is -0.0175. The zero-order valence-electron chi connectivity index (χ0n) is 33.0. The number of benzene rings is 9. The van der Waals surface area contributed by atoms with Crippen LogP contribution in [0.2, 0.25) is 0 Å². The first kappa shape index (κ1) is 33.5. The number of fused-ring (bicyclic) bond motifs is 12. The highest BCUT2D eigenvalue weighted by Gasteiger charge is 2.51. The highest BCUT2D eigenvalue weighted by molar-refractivity contribution is 7.99. The Hall–Kier alpha value is -7.34. The van der Waals surface area contributed by atoms with Gasteiger partial charge in [-0.25, -0.2) is 0 Å². The Bertz CT molecular complexity index is 3280. The third kappa shape index (κ3) is 4.53. The van der Waals surface area contributed by atoms with E-state index < -0.39 is 0 Å². The van der Waals surface area contributed by atoms with Crippen LogP contribution in [0, 0.1) is 0 Å². The third-order valence-corrected chi connectivity index (χ3v) is 14.5. The molecule has 0 fully saturated rings. The largest absolute Gasteiger partial charge is 0.312 e. The fourth-order valence-electron chi connectivity index (χ4n) is 11.0. The lowest BCUT2D eigenvalue weighted by atomic mass is 9.28. The van der Waals surface area contributed by atoms with Crippen LogP contribution in [-0.2, 0) is 0 Å². The first-order chi connectivity index (χ1) is 30.3. The lowest BCUT2D eigenvalue weighted by molar-refractivity contribution is 1.16. The normalized spacial score (nSPS) is 14.3. The molecule has 5 heterocycles. The van der Waals surface area contributed by atoms with E-state index in [2.05, 4.69) is 226 Å². The minimum absolute atomic E-state index is 0.0175. The van der Waals surface area contributed by atoms with E-state index in [0.717, 1.165) is 17.1 Å². The monoisotopic (exact) mass is 792 g/mol. The van der Waals surface area contributed by atoms with Gasteiger partial charge in [-0.15, -0.1) is 0 Å². The molecule has 9 aromatic rings. The molecule has 0 aromatic heterocycles. The molecule has 5 aliphatic heterocycles. The number of para-hydroxylation sites is 7. The summed E-state index contributed by atoms with van der Waals surface area (Å²) in [7, 11) is 0. The molecule has 0 bridgehead atoms. The summed E-state index contributed by atoms with van der Waals surface area (Å²) < 4.78 is 0. The van der Waals surface area contributed by atoms with Crippen molar-refractivity contribution < 1.29 is 0 Å². The number of hydrogen-bond donors (Lipinski definition) is 0. The molecular weight excluding hydrogens is 758 g/mol. The molecule has 7 heteroatoms. The predicted molar refractivity (Wildman–Crippen MR) is 259 cm³/mol. The number of hydrogen-bond acceptors (Lipinski definition) is 5. The van der Waals surface area contributed by atoms with Crippen molar-refractivity contribution in [3.63, 3.8) is 0 Å². The van der Waals surface area contributed by atoms with Gasteiger partial charge in [0.2, 0.25) is 0 Å².